The highest BCUT2D eigenvalue weighted by molar-refractivity contribution is 14.1. The summed E-state index contributed by atoms with van der Waals surface area (Å²) >= 11 is 7.93. The van der Waals surface area contributed by atoms with Crippen LogP contribution >= 0.6 is 34.2 Å². The van der Waals surface area contributed by atoms with Crippen LogP contribution in [0, 0.1) is 9.39 Å². The van der Waals surface area contributed by atoms with E-state index in [4.69, 9.17) is 22.2 Å². The normalized spacial score (nSPS) is 9.95. The van der Waals surface area contributed by atoms with E-state index in [2.05, 4.69) is 20.3 Å². The lowest BCUT2D eigenvalue weighted by Crippen LogP contribution is -2.05. The van der Waals surface area contributed by atoms with Gasteiger partial charge in [0.25, 0.3) is 0 Å². The van der Waals surface area contributed by atoms with Gasteiger partial charge in [0, 0.05) is 14.7 Å². The third-order valence-electron chi connectivity index (χ3n) is 2.56. The van der Waals surface area contributed by atoms with Gasteiger partial charge in [0.15, 0.2) is 0 Å². The van der Waals surface area contributed by atoms with Crippen molar-refractivity contribution in [2.45, 2.75) is 0 Å². The Morgan fingerprint density at radius 1 is 1.55 bits per heavy atom. The van der Waals surface area contributed by atoms with Crippen molar-refractivity contribution in [2.24, 2.45) is 5.11 Å². The summed E-state index contributed by atoms with van der Waals surface area (Å²) in [7, 11) is 0. The van der Waals surface area contributed by atoms with Crippen LogP contribution in [0.2, 0.25) is 5.02 Å². The lowest BCUT2D eigenvalue weighted by molar-refractivity contribution is 0.0697. The van der Waals surface area contributed by atoms with Gasteiger partial charge in [-0.2, -0.15) is 0 Å². The van der Waals surface area contributed by atoms with Crippen LogP contribution in [-0.4, -0.2) is 16.1 Å². The number of nitrogens with zero attached hydrogens (tertiary/aromatic N) is 4. The van der Waals surface area contributed by atoms with Crippen molar-refractivity contribution in [1.29, 1.82) is 0 Å². The van der Waals surface area contributed by atoms with Crippen LogP contribution in [0.15, 0.2) is 29.5 Å². The van der Waals surface area contributed by atoms with Crippen molar-refractivity contribution < 1.29 is 14.3 Å². The van der Waals surface area contributed by atoms with Crippen molar-refractivity contribution in [2.75, 3.05) is 5.32 Å². The van der Waals surface area contributed by atoms with Gasteiger partial charge in [0.2, 0.25) is 0 Å². The van der Waals surface area contributed by atoms with E-state index < -0.39 is 11.8 Å². The lowest BCUT2D eigenvalue weighted by atomic mass is 10.2. The van der Waals surface area contributed by atoms with E-state index in [0.717, 1.165) is 6.20 Å². The number of pyridine rings is 1. The minimum absolute atomic E-state index is 0.0305. The highest BCUT2D eigenvalue weighted by Gasteiger charge is 2.18. The topological polar surface area (TPSA) is 111 Å². The largest absolute Gasteiger partial charge is 0.478 e. The number of rotatable bonds is 4. The summed E-state index contributed by atoms with van der Waals surface area (Å²) in [5, 5.41) is 14.8. The summed E-state index contributed by atoms with van der Waals surface area (Å²) in [4.78, 5) is 17.4. The van der Waals surface area contributed by atoms with Crippen molar-refractivity contribution in [3.8, 4) is 0 Å². The molecule has 0 amide bonds. The molecule has 0 bridgehead atoms. The molecule has 0 unspecified atom stereocenters. The van der Waals surface area contributed by atoms with E-state index in [1.807, 2.05) is 22.6 Å². The number of aromatic carboxylic acids is 1. The van der Waals surface area contributed by atoms with Crippen LogP contribution in [-0.2, 0) is 0 Å². The number of carboxylic acid groups (broad SMARTS) is 1. The maximum absolute atomic E-state index is 13.9. The summed E-state index contributed by atoms with van der Waals surface area (Å²) in [6, 6.07) is 4.34. The average molecular weight is 434 g/mol. The zero-order chi connectivity index (χ0) is 16.3. The number of aromatic nitrogens is 1. The summed E-state index contributed by atoms with van der Waals surface area (Å²) in [5.74, 6) is -2.10. The third kappa shape index (κ3) is 3.38. The number of carbonyl (C=O) groups is 1. The summed E-state index contributed by atoms with van der Waals surface area (Å²) in [6.07, 6.45) is 0.977. The first-order valence-electron chi connectivity index (χ1n) is 5.63. The molecule has 1 heterocycles. The number of halogens is 3. The van der Waals surface area contributed by atoms with Gasteiger partial charge in [-0.15, -0.1) is 0 Å². The van der Waals surface area contributed by atoms with Crippen LogP contribution < -0.4 is 5.32 Å². The molecule has 2 N–H and O–H groups in total. The smallest absolute Gasteiger partial charge is 0.339 e. The molecule has 1 aromatic carbocycles. The van der Waals surface area contributed by atoms with Crippen molar-refractivity contribution >= 4 is 57.4 Å². The van der Waals surface area contributed by atoms with Gasteiger partial charge in [0.1, 0.15) is 17.2 Å². The minimum Gasteiger partial charge on any atom is -0.478 e. The molecule has 112 valence electrons. The van der Waals surface area contributed by atoms with Crippen molar-refractivity contribution in [3.63, 3.8) is 0 Å². The molecule has 0 aliphatic heterocycles. The first-order chi connectivity index (χ1) is 10.4. The number of hydrogen-bond donors (Lipinski definition) is 2. The second-order valence-electron chi connectivity index (χ2n) is 3.93. The Kier molecular flexibility index (Phi) is 5.01. The Balaban J connectivity index is 2.58. The van der Waals surface area contributed by atoms with Gasteiger partial charge in [-0.3, -0.25) is 4.98 Å². The van der Waals surface area contributed by atoms with E-state index in [9.17, 15) is 9.18 Å². The first kappa shape index (κ1) is 16.3. The summed E-state index contributed by atoms with van der Waals surface area (Å²) < 4.78 is 14.6. The second-order valence-corrected chi connectivity index (χ2v) is 5.55. The monoisotopic (exact) mass is 433 g/mol. The number of anilines is 2. The molecule has 7 nitrogen and oxygen atoms in total. The average Bonchev–Trinajstić information content (AvgIpc) is 2.45. The molecule has 2 aromatic rings. The van der Waals surface area contributed by atoms with E-state index in [0.29, 0.717) is 3.57 Å². The molecule has 0 spiro atoms. The molecule has 0 radical (unpaired) electrons. The Labute approximate surface area is 141 Å². The second kappa shape index (κ2) is 6.77. The van der Waals surface area contributed by atoms with Crippen LogP contribution in [0.5, 0.6) is 0 Å². The van der Waals surface area contributed by atoms with E-state index in [1.165, 1.54) is 12.1 Å². The summed E-state index contributed by atoms with van der Waals surface area (Å²) in [5.41, 5.74) is 8.09. The zero-order valence-electron chi connectivity index (χ0n) is 10.6. The molecular formula is C12H6ClFIN5O2. The number of benzene rings is 1. The standard InChI is InChI=1S/C12H6ClFIN5O2/c13-9-10(18-8-2-1-5(15)3-7(8)14)6(12(21)22)4-17-11(9)19-20-16/h1-4H,(H,17,18)(H,21,22). The van der Waals surface area contributed by atoms with E-state index in [1.54, 1.807) is 6.07 Å². The molecule has 0 fully saturated rings. The van der Waals surface area contributed by atoms with Crippen LogP contribution in [0.1, 0.15) is 10.4 Å². The van der Waals surface area contributed by atoms with Crippen LogP contribution in [0.4, 0.5) is 21.6 Å². The Morgan fingerprint density at radius 2 is 2.27 bits per heavy atom. The van der Waals surface area contributed by atoms with Gasteiger partial charge in [0.05, 0.1) is 16.4 Å². The maximum Gasteiger partial charge on any atom is 0.339 e. The van der Waals surface area contributed by atoms with Gasteiger partial charge in [-0.05, 0) is 51.4 Å². The fourth-order valence-electron chi connectivity index (χ4n) is 1.60. The fourth-order valence-corrected chi connectivity index (χ4v) is 2.29. The Morgan fingerprint density at radius 3 is 2.86 bits per heavy atom. The molecule has 0 aliphatic rings. The predicted molar refractivity (Wildman–Crippen MR) is 87.4 cm³/mol. The van der Waals surface area contributed by atoms with Crippen LogP contribution in [0.25, 0.3) is 10.4 Å². The lowest BCUT2D eigenvalue weighted by Gasteiger charge is -2.13. The quantitative estimate of drug-likeness (QED) is 0.310. The molecule has 0 saturated carbocycles. The third-order valence-corrected chi connectivity index (χ3v) is 3.59. The first-order valence-corrected chi connectivity index (χ1v) is 7.08. The molecular weight excluding hydrogens is 428 g/mol. The summed E-state index contributed by atoms with van der Waals surface area (Å²) in [6.45, 7) is 0. The molecule has 0 aliphatic carbocycles. The van der Waals surface area contributed by atoms with Gasteiger partial charge < -0.3 is 10.4 Å². The van der Waals surface area contributed by atoms with Gasteiger partial charge >= 0.3 is 5.97 Å². The highest BCUT2D eigenvalue weighted by Crippen LogP contribution is 2.36. The predicted octanol–water partition coefficient (Wildman–Crippen LogP) is 4.86. The Bertz CT molecular complexity index is 810. The molecule has 2 rings (SSSR count). The SMILES string of the molecule is [N-]=[N+]=Nc1ncc(C(=O)O)c(Nc2ccc(I)cc2F)c1Cl. The number of carboxylic acids is 1. The zero-order valence-corrected chi connectivity index (χ0v) is 13.5. The van der Waals surface area contributed by atoms with Crippen molar-refractivity contribution in [1.82, 2.24) is 4.98 Å². The van der Waals surface area contributed by atoms with E-state index in [-0.39, 0.29) is 27.8 Å². The maximum atomic E-state index is 13.9. The molecule has 10 heteroatoms. The molecule has 0 atom stereocenters. The Hall–Kier alpha value is -2.10. The van der Waals surface area contributed by atoms with Crippen LogP contribution in [0.3, 0.4) is 0 Å². The minimum atomic E-state index is -1.31. The van der Waals surface area contributed by atoms with E-state index >= 15 is 0 Å². The van der Waals surface area contributed by atoms with Crippen molar-refractivity contribution in [3.05, 3.63) is 54.8 Å². The molecule has 0 saturated heterocycles. The number of azide groups is 1. The fraction of sp³-hybridized carbons (Fsp3) is 0. The van der Waals surface area contributed by atoms with Gasteiger partial charge in [-0.1, -0.05) is 11.6 Å². The van der Waals surface area contributed by atoms with Gasteiger partial charge in [-0.25, -0.2) is 9.18 Å². The highest BCUT2D eigenvalue weighted by atomic mass is 127. The number of hydrogen-bond acceptors (Lipinski definition) is 4. The molecule has 22 heavy (non-hydrogen) atoms. The molecule has 1 aromatic heterocycles. The number of nitrogens with one attached hydrogen (secondary N) is 1.